The molecule has 2 heterocycles. The quantitative estimate of drug-likeness (QED) is 0.586. The Balaban J connectivity index is 1.53. The molecule has 0 unspecified atom stereocenters. The first-order valence-electron chi connectivity index (χ1n) is 11.1. The Morgan fingerprint density at radius 2 is 1.91 bits per heavy atom. The van der Waals surface area contributed by atoms with E-state index in [9.17, 15) is 9.50 Å². The van der Waals surface area contributed by atoms with Gasteiger partial charge >= 0.3 is 0 Å². The van der Waals surface area contributed by atoms with E-state index in [1.165, 1.54) is 17.7 Å². The molecule has 32 heavy (non-hydrogen) atoms. The molecule has 2 aromatic carbocycles. The molecule has 3 atom stereocenters. The van der Waals surface area contributed by atoms with Crippen molar-refractivity contribution in [2.45, 2.75) is 45.3 Å². The molecule has 1 aliphatic heterocycles. The Labute approximate surface area is 187 Å². The third-order valence-corrected chi connectivity index (χ3v) is 7.52. The van der Waals surface area contributed by atoms with Crippen molar-refractivity contribution in [1.29, 1.82) is 5.26 Å². The largest absolute Gasteiger partial charge is 0.385 e. The van der Waals surface area contributed by atoms with Gasteiger partial charge in [-0.15, -0.1) is 0 Å². The number of hydrogen-bond donors (Lipinski definition) is 1. The predicted octanol–water partition coefficient (Wildman–Crippen LogP) is 5.67. The van der Waals surface area contributed by atoms with E-state index in [4.69, 9.17) is 5.26 Å². The van der Waals surface area contributed by atoms with Gasteiger partial charge in [-0.3, -0.25) is 0 Å². The number of hydrogen-bond acceptors (Lipinski definition) is 3. The summed E-state index contributed by atoms with van der Waals surface area (Å²) in [6, 6.07) is 15.9. The molecule has 0 amide bonds. The second-order valence-electron chi connectivity index (χ2n) is 9.48. The zero-order valence-corrected chi connectivity index (χ0v) is 18.3. The molecule has 5 rings (SSSR count). The average molecular weight is 428 g/mol. The fourth-order valence-electron chi connectivity index (χ4n) is 5.78. The van der Waals surface area contributed by atoms with Crippen LogP contribution in [0.4, 0.5) is 4.39 Å². The summed E-state index contributed by atoms with van der Waals surface area (Å²) in [7, 11) is 0. The summed E-state index contributed by atoms with van der Waals surface area (Å²) in [6.07, 6.45) is 7.02. The molecule has 2 aliphatic rings. The van der Waals surface area contributed by atoms with Crippen LogP contribution >= 0.6 is 0 Å². The topological polar surface area (TPSA) is 61.8 Å². The van der Waals surface area contributed by atoms with Crippen molar-refractivity contribution < 1.29 is 9.50 Å². The summed E-state index contributed by atoms with van der Waals surface area (Å²) in [4.78, 5) is 4.65. The lowest BCUT2D eigenvalue weighted by Crippen LogP contribution is -2.48. The Bertz CT molecular complexity index is 1230. The number of benzene rings is 2. The molecule has 0 spiro atoms. The molecule has 1 aromatic heterocycles. The van der Waals surface area contributed by atoms with Crippen molar-refractivity contribution in [1.82, 2.24) is 9.55 Å². The minimum absolute atomic E-state index is 0.0211. The first-order valence-corrected chi connectivity index (χ1v) is 11.1. The standard InChI is InChI=1S/C27H26FN3O/c1-26-16-31-17-30-25(19-8-12-22(28)13-9-19)23(31)14-21(26)4-3-5-24(26)27(2,32)20-10-6-18(15-29)7-11-20/h6-14,17,24,32H,3-5,16H2,1-2H3/t24-,26-,27+/m0/s1. The highest BCUT2D eigenvalue weighted by Crippen LogP contribution is 2.55. The fourth-order valence-corrected chi connectivity index (χ4v) is 5.78. The number of rotatable bonds is 3. The van der Waals surface area contributed by atoms with Crippen LogP contribution in [0.1, 0.15) is 49.9 Å². The van der Waals surface area contributed by atoms with Crippen molar-refractivity contribution in [2.75, 3.05) is 0 Å². The van der Waals surface area contributed by atoms with E-state index in [1.807, 2.05) is 25.4 Å². The Morgan fingerprint density at radius 3 is 2.59 bits per heavy atom. The van der Waals surface area contributed by atoms with Crippen LogP contribution in [0.15, 0.2) is 60.4 Å². The number of aliphatic hydroxyl groups is 1. The van der Waals surface area contributed by atoms with Crippen LogP contribution in [0.5, 0.6) is 0 Å². The summed E-state index contributed by atoms with van der Waals surface area (Å²) in [5, 5.41) is 20.9. The second-order valence-corrected chi connectivity index (χ2v) is 9.48. The third kappa shape index (κ3) is 3.18. The number of halogens is 1. The van der Waals surface area contributed by atoms with Crippen molar-refractivity contribution in [3.05, 3.63) is 83.1 Å². The number of allylic oxidation sites excluding steroid dienone is 1. The maximum Gasteiger partial charge on any atom is 0.123 e. The van der Waals surface area contributed by atoms with E-state index in [0.29, 0.717) is 5.56 Å². The van der Waals surface area contributed by atoms with Crippen LogP contribution in [0, 0.1) is 28.5 Å². The van der Waals surface area contributed by atoms with Gasteiger partial charge < -0.3 is 9.67 Å². The Kier molecular flexibility index (Phi) is 4.79. The lowest BCUT2D eigenvalue weighted by Gasteiger charge is -2.51. The average Bonchev–Trinajstić information content (AvgIpc) is 3.19. The third-order valence-electron chi connectivity index (χ3n) is 7.52. The van der Waals surface area contributed by atoms with Crippen LogP contribution < -0.4 is 0 Å². The molecular weight excluding hydrogens is 401 g/mol. The molecular formula is C27H26FN3O. The van der Waals surface area contributed by atoms with Crippen LogP contribution in [0.3, 0.4) is 0 Å². The number of aromatic nitrogens is 2. The highest BCUT2D eigenvalue weighted by Gasteiger charge is 2.51. The maximum atomic E-state index is 13.4. The summed E-state index contributed by atoms with van der Waals surface area (Å²) in [5.41, 5.74) is 4.32. The second kappa shape index (κ2) is 7.43. The monoisotopic (exact) mass is 427 g/mol. The molecule has 1 N–H and O–H groups in total. The van der Waals surface area contributed by atoms with E-state index in [0.717, 1.165) is 48.3 Å². The van der Waals surface area contributed by atoms with Gasteiger partial charge in [-0.1, -0.05) is 24.6 Å². The van der Waals surface area contributed by atoms with E-state index < -0.39 is 5.60 Å². The summed E-state index contributed by atoms with van der Waals surface area (Å²) < 4.78 is 15.6. The SMILES string of the molecule is C[C@]12Cn3cnc(-c4ccc(F)cc4)c3C=C1CCC[C@@H]2[C@](C)(O)c1ccc(C#N)cc1. The fraction of sp³-hybridized carbons (Fsp3) is 0.333. The van der Waals surface area contributed by atoms with Gasteiger partial charge in [-0.05, 0) is 74.2 Å². The van der Waals surface area contributed by atoms with Crippen molar-refractivity contribution >= 4 is 6.08 Å². The first kappa shape index (κ1) is 20.7. The van der Waals surface area contributed by atoms with E-state index in [1.54, 1.807) is 24.3 Å². The lowest BCUT2D eigenvalue weighted by atomic mass is 9.57. The van der Waals surface area contributed by atoms with Crippen LogP contribution in [-0.4, -0.2) is 14.7 Å². The number of nitriles is 1. The Hall–Kier alpha value is -3.23. The number of imidazole rings is 1. The maximum absolute atomic E-state index is 13.4. The van der Waals surface area contributed by atoms with Gasteiger partial charge in [0.15, 0.2) is 0 Å². The van der Waals surface area contributed by atoms with Gasteiger partial charge in [0.05, 0.1) is 34.9 Å². The molecule has 3 aromatic rings. The molecule has 0 bridgehead atoms. The van der Waals surface area contributed by atoms with Gasteiger partial charge in [0.2, 0.25) is 0 Å². The number of nitrogens with zero attached hydrogens (tertiary/aromatic N) is 3. The van der Waals surface area contributed by atoms with Gasteiger partial charge in [-0.25, -0.2) is 9.37 Å². The van der Waals surface area contributed by atoms with Crippen molar-refractivity contribution in [3.8, 4) is 17.3 Å². The van der Waals surface area contributed by atoms with Crippen molar-refractivity contribution in [3.63, 3.8) is 0 Å². The van der Waals surface area contributed by atoms with Gasteiger partial charge in [0.1, 0.15) is 5.82 Å². The minimum Gasteiger partial charge on any atom is -0.385 e. The lowest BCUT2D eigenvalue weighted by molar-refractivity contribution is -0.0713. The zero-order chi connectivity index (χ0) is 22.5. The van der Waals surface area contributed by atoms with Crippen LogP contribution in [0.2, 0.25) is 0 Å². The molecule has 1 aliphatic carbocycles. The molecule has 5 heteroatoms. The van der Waals surface area contributed by atoms with Gasteiger partial charge in [-0.2, -0.15) is 5.26 Å². The first-order chi connectivity index (χ1) is 15.3. The minimum atomic E-state index is -1.03. The van der Waals surface area contributed by atoms with Crippen LogP contribution in [0.25, 0.3) is 17.3 Å². The number of fused-ring (bicyclic) bond motifs is 2. The molecule has 1 saturated carbocycles. The summed E-state index contributed by atoms with van der Waals surface area (Å²) in [5.74, 6) is -0.235. The van der Waals surface area contributed by atoms with Gasteiger partial charge in [0.25, 0.3) is 0 Å². The molecule has 162 valence electrons. The Morgan fingerprint density at radius 1 is 1.19 bits per heavy atom. The van der Waals surface area contributed by atoms with Crippen LogP contribution in [-0.2, 0) is 12.1 Å². The zero-order valence-electron chi connectivity index (χ0n) is 18.3. The smallest absolute Gasteiger partial charge is 0.123 e. The van der Waals surface area contributed by atoms with E-state index in [2.05, 4.69) is 28.6 Å². The summed E-state index contributed by atoms with van der Waals surface area (Å²) in [6.45, 7) is 4.89. The van der Waals surface area contributed by atoms with E-state index in [-0.39, 0.29) is 17.2 Å². The highest BCUT2D eigenvalue weighted by molar-refractivity contribution is 5.72. The van der Waals surface area contributed by atoms with Gasteiger partial charge in [0, 0.05) is 23.4 Å². The highest BCUT2D eigenvalue weighted by atomic mass is 19.1. The van der Waals surface area contributed by atoms with E-state index >= 15 is 0 Å². The molecule has 1 fully saturated rings. The molecule has 0 saturated heterocycles. The predicted molar refractivity (Wildman–Crippen MR) is 122 cm³/mol. The summed E-state index contributed by atoms with van der Waals surface area (Å²) >= 11 is 0. The normalized spacial score (nSPS) is 24.0. The van der Waals surface area contributed by atoms with Crippen molar-refractivity contribution in [2.24, 2.45) is 11.3 Å². The molecule has 0 radical (unpaired) electrons. The molecule has 4 nitrogen and oxygen atoms in total.